The van der Waals surface area contributed by atoms with Gasteiger partial charge in [0.1, 0.15) is 5.82 Å². The third kappa shape index (κ3) is 1.85. The zero-order valence-corrected chi connectivity index (χ0v) is 8.94. The minimum absolute atomic E-state index is 0.340. The van der Waals surface area contributed by atoms with E-state index in [1.54, 1.807) is 12.3 Å². The molecule has 0 aromatic carbocycles. The van der Waals surface area contributed by atoms with Crippen LogP contribution in [-0.4, -0.2) is 28.2 Å². The van der Waals surface area contributed by atoms with Crippen LogP contribution in [0.3, 0.4) is 0 Å². The van der Waals surface area contributed by atoms with Crippen LogP contribution in [0.15, 0.2) is 12.3 Å². The molecule has 0 fully saturated rings. The number of anilines is 1. The number of pyridine rings is 1. The third-order valence-corrected chi connectivity index (χ3v) is 2.92. The molecule has 1 unspecified atom stereocenters. The van der Waals surface area contributed by atoms with Crippen molar-refractivity contribution in [3.05, 3.63) is 17.8 Å². The molecule has 80 valence electrons. The van der Waals surface area contributed by atoms with Crippen molar-refractivity contribution in [3.63, 3.8) is 0 Å². The van der Waals surface area contributed by atoms with Crippen molar-refractivity contribution in [2.45, 2.75) is 26.3 Å². The lowest BCUT2D eigenvalue weighted by molar-refractivity contribution is 0.425. The summed E-state index contributed by atoms with van der Waals surface area (Å²) in [5.74, 6) is 1.29. The van der Waals surface area contributed by atoms with Crippen LogP contribution in [0.4, 0.5) is 5.82 Å². The molecule has 1 aromatic rings. The Morgan fingerprint density at radius 3 is 2.87 bits per heavy atom. The van der Waals surface area contributed by atoms with Crippen LogP contribution in [0.25, 0.3) is 0 Å². The van der Waals surface area contributed by atoms with Gasteiger partial charge in [-0.25, -0.2) is 4.98 Å². The van der Waals surface area contributed by atoms with Crippen molar-refractivity contribution in [1.29, 1.82) is 0 Å². The molecule has 3 N–H and O–H groups in total. The smallest absolute Gasteiger partial charge is 0.423 e. The van der Waals surface area contributed by atoms with Gasteiger partial charge in [0.15, 0.2) is 0 Å². The quantitative estimate of drug-likeness (QED) is 0.584. The van der Waals surface area contributed by atoms with Crippen LogP contribution in [0, 0.1) is 5.92 Å². The molecule has 0 saturated heterocycles. The van der Waals surface area contributed by atoms with Gasteiger partial charge in [0.25, 0.3) is 0 Å². The molecule has 1 atom stereocenters. The monoisotopic (exact) mass is 206 g/mol. The Morgan fingerprint density at radius 1 is 1.53 bits per heavy atom. The lowest BCUT2D eigenvalue weighted by Gasteiger charge is -2.14. The average Bonchev–Trinajstić information content (AvgIpc) is 2.60. The van der Waals surface area contributed by atoms with Crippen LogP contribution in [0.5, 0.6) is 0 Å². The van der Waals surface area contributed by atoms with Gasteiger partial charge in [0.2, 0.25) is 0 Å². The Bertz CT molecular complexity index is 368. The van der Waals surface area contributed by atoms with Gasteiger partial charge >= 0.3 is 7.12 Å². The summed E-state index contributed by atoms with van der Waals surface area (Å²) in [5, 5.41) is 21.7. The molecule has 4 nitrogen and oxygen atoms in total. The van der Waals surface area contributed by atoms with E-state index in [2.05, 4.69) is 24.1 Å². The second-order valence-electron chi connectivity index (χ2n) is 4.30. The topological polar surface area (TPSA) is 65.4 Å². The molecule has 2 rings (SSSR count). The molecule has 1 aliphatic rings. The highest BCUT2D eigenvalue weighted by atomic mass is 16.4. The molecule has 0 spiro atoms. The third-order valence-electron chi connectivity index (χ3n) is 2.92. The molecule has 0 saturated carbocycles. The van der Waals surface area contributed by atoms with Crippen LogP contribution >= 0.6 is 0 Å². The van der Waals surface area contributed by atoms with Gasteiger partial charge in [0, 0.05) is 12.2 Å². The first-order valence-corrected chi connectivity index (χ1v) is 5.20. The fourth-order valence-electron chi connectivity index (χ4n) is 1.94. The molecule has 0 bridgehead atoms. The summed E-state index contributed by atoms with van der Waals surface area (Å²) in [5.41, 5.74) is 1.50. The summed E-state index contributed by atoms with van der Waals surface area (Å²) in [4.78, 5) is 4.20. The van der Waals surface area contributed by atoms with Gasteiger partial charge in [-0.05, 0) is 29.4 Å². The largest absolute Gasteiger partial charge is 0.488 e. The van der Waals surface area contributed by atoms with Gasteiger partial charge in [-0.2, -0.15) is 0 Å². The number of hydrogen-bond donors (Lipinski definition) is 3. The van der Waals surface area contributed by atoms with E-state index < -0.39 is 7.12 Å². The SMILES string of the molecule is CC(C)C1Cc2c(B(O)O)ccnc2N1. The van der Waals surface area contributed by atoms with E-state index >= 15 is 0 Å². The summed E-state index contributed by atoms with van der Waals surface area (Å²) in [7, 11) is -1.41. The summed E-state index contributed by atoms with van der Waals surface area (Å²) in [6.45, 7) is 4.27. The highest BCUT2D eigenvalue weighted by Gasteiger charge is 2.29. The van der Waals surface area contributed by atoms with E-state index in [9.17, 15) is 10.0 Å². The van der Waals surface area contributed by atoms with Gasteiger partial charge in [-0.3, -0.25) is 0 Å². The van der Waals surface area contributed by atoms with Crippen molar-refractivity contribution in [3.8, 4) is 0 Å². The van der Waals surface area contributed by atoms with Crippen molar-refractivity contribution >= 4 is 18.4 Å². The first kappa shape index (κ1) is 10.5. The van der Waals surface area contributed by atoms with Gasteiger partial charge in [-0.15, -0.1) is 0 Å². The van der Waals surface area contributed by atoms with Crippen molar-refractivity contribution in [2.24, 2.45) is 5.92 Å². The van der Waals surface area contributed by atoms with Gasteiger partial charge < -0.3 is 15.4 Å². The molecular weight excluding hydrogens is 191 g/mol. The fraction of sp³-hybridized carbons (Fsp3) is 0.500. The number of rotatable bonds is 2. The highest BCUT2D eigenvalue weighted by molar-refractivity contribution is 6.59. The van der Waals surface area contributed by atoms with E-state index in [-0.39, 0.29) is 0 Å². The van der Waals surface area contributed by atoms with Crippen molar-refractivity contribution in [2.75, 3.05) is 5.32 Å². The molecule has 0 amide bonds. The van der Waals surface area contributed by atoms with E-state index in [0.717, 1.165) is 17.8 Å². The Morgan fingerprint density at radius 2 is 2.27 bits per heavy atom. The normalized spacial score (nSPS) is 18.9. The van der Waals surface area contributed by atoms with E-state index in [1.165, 1.54) is 0 Å². The first-order chi connectivity index (χ1) is 7.09. The number of nitrogens with zero attached hydrogens (tertiary/aromatic N) is 1. The summed E-state index contributed by atoms with van der Waals surface area (Å²) >= 11 is 0. The molecule has 0 aliphatic carbocycles. The zero-order valence-electron chi connectivity index (χ0n) is 8.94. The summed E-state index contributed by atoms with van der Waals surface area (Å²) in [6.07, 6.45) is 2.41. The van der Waals surface area contributed by atoms with Crippen LogP contribution in [-0.2, 0) is 6.42 Å². The number of nitrogens with one attached hydrogen (secondary N) is 1. The van der Waals surface area contributed by atoms with Crippen molar-refractivity contribution in [1.82, 2.24) is 4.98 Å². The number of fused-ring (bicyclic) bond motifs is 1. The maximum Gasteiger partial charge on any atom is 0.488 e. The molecular formula is C10H15BN2O2. The highest BCUT2D eigenvalue weighted by Crippen LogP contribution is 2.25. The Balaban J connectivity index is 2.33. The van der Waals surface area contributed by atoms with Gasteiger partial charge in [-0.1, -0.05) is 13.8 Å². The van der Waals surface area contributed by atoms with Crippen molar-refractivity contribution < 1.29 is 10.0 Å². The lowest BCUT2D eigenvalue weighted by atomic mass is 9.76. The maximum absolute atomic E-state index is 9.21. The van der Waals surface area contributed by atoms with E-state index in [1.807, 2.05) is 0 Å². The molecule has 1 aromatic heterocycles. The number of hydrogen-bond acceptors (Lipinski definition) is 4. The fourth-order valence-corrected chi connectivity index (χ4v) is 1.94. The zero-order chi connectivity index (χ0) is 11.0. The van der Waals surface area contributed by atoms with E-state index in [4.69, 9.17) is 0 Å². The predicted molar refractivity (Wildman–Crippen MR) is 60.0 cm³/mol. The summed E-state index contributed by atoms with van der Waals surface area (Å²) in [6, 6.07) is 2.00. The standard InChI is InChI=1S/C10H15BN2O2/c1-6(2)9-5-7-8(11(14)15)3-4-12-10(7)13-9/h3-4,6,9,14-15H,5H2,1-2H3,(H,12,13). The minimum atomic E-state index is -1.41. The van der Waals surface area contributed by atoms with Crippen LogP contribution in [0.1, 0.15) is 19.4 Å². The second-order valence-corrected chi connectivity index (χ2v) is 4.30. The number of aromatic nitrogens is 1. The molecule has 1 aliphatic heterocycles. The second kappa shape index (κ2) is 3.83. The predicted octanol–water partition coefficient (Wildman–Crippen LogP) is -0.246. The molecule has 0 radical (unpaired) electrons. The van der Waals surface area contributed by atoms with E-state index in [0.29, 0.717) is 17.4 Å². The molecule has 15 heavy (non-hydrogen) atoms. The lowest BCUT2D eigenvalue weighted by Crippen LogP contribution is -2.33. The van der Waals surface area contributed by atoms with Crippen LogP contribution < -0.4 is 10.8 Å². The Kier molecular flexibility index (Phi) is 2.67. The van der Waals surface area contributed by atoms with Crippen LogP contribution in [0.2, 0.25) is 0 Å². The maximum atomic E-state index is 9.21. The van der Waals surface area contributed by atoms with Gasteiger partial charge in [0.05, 0.1) is 0 Å². The summed E-state index contributed by atoms with van der Waals surface area (Å²) < 4.78 is 0. The minimum Gasteiger partial charge on any atom is -0.423 e. The molecule has 2 heterocycles. The Labute approximate surface area is 89.5 Å². The molecule has 5 heteroatoms. The first-order valence-electron chi connectivity index (χ1n) is 5.20. The average molecular weight is 206 g/mol. The Hall–Kier alpha value is -1.07.